The molecule has 0 saturated carbocycles. The van der Waals surface area contributed by atoms with Gasteiger partial charge in [0.2, 0.25) is 0 Å². The van der Waals surface area contributed by atoms with Crippen LogP contribution in [0, 0.1) is 0 Å². The Kier molecular flexibility index (Phi) is 8.21. The van der Waals surface area contributed by atoms with Crippen LogP contribution in [0.15, 0.2) is 106 Å². The van der Waals surface area contributed by atoms with E-state index < -0.39 is 76.8 Å². The van der Waals surface area contributed by atoms with Crippen LogP contribution in [0.25, 0.3) is 88.6 Å². The zero-order valence-corrected chi connectivity index (χ0v) is 32.2. The first-order valence-corrected chi connectivity index (χ1v) is 22.5. The number of rotatable bonds is 5. The van der Waals surface area contributed by atoms with Gasteiger partial charge in [-0.15, -0.1) is 0 Å². The van der Waals surface area contributed by atoms with E-state index in [9.17, 15) is 51.9 Å². The number of hydrogen-bond donors (Lipinski definition) is 6. The average Bonchev–Trinajstić information content (AvgIpc) is 3.94. The fourth-order valence-electron chi connectivity index (χ4n) is 7.44. The van der Waals surface area contributed by atoms with Crippen molar-refractivity contribution in [1.29, 1.82) is 0 Å². The van der Waals surface area contributed by atoms with Gasteiger partial charge in [0, 0.05) is 16.6 Å². The predicted molar refractivity (Wildman–Crippen MR) is 217 cm³/mol. The molecule has 8 bridgehead atoms. The van der Waals surface area contributed by atoms with E-state index in [-0.39, 0.29) is 33.7 Å². The number of H-pyrrole nitrogens is 2. The first kappa shape index (κ1) is 37.5. The Hall–Kier alpha value is -6.10. The molecule has 0 fully saturated rings. The number of aromatic nitrogens is 4. The molecule has 20 heteroatoms. The molecule has 7 aromatic rings. The van der Waals surface area contributed by atoms with Crippen LogP contribution < -0.4 is 0 Å². The molecule has 0 radical (unpaired) electrons. The van der Waals surface area contributed by atoms with E-state index in [4.69, 9.17) is 4.98 Å². The average molecular weight is 857 g/mol. The predicted octanol–water partition coefficient (Wildman–Crippen LogP) is 6.74. The van der Waals surface area contributed by atoms with Gasteiger partial charge < -0.3 is 9.97 Å². The van der Waals surface area contributed by atoms with Crippen LogP contribution in [0.5, 0.6) is 0 Å². The summed E-state index contributed by atoms with van der Waals surface area (Å²) in [5.41, 5.74) is -2.99. The molecule has 292 valence electrons. The highest BCUT2D eigenvalue weighted by Crippen LogP contribution is 2.44. The maximum atomic E-state index is 13.5. The molecule has 9 rings (SSSR count). The summed E-state index contributed by atoms with van der Waals surface area (Å²) in [5, 5.41) is 4.15. The van der Waals surface area contributed by atoms with Crippen LogP contribution in [0.2, 0.25) is 0 Å². The van der Waals surface area contributed by atoms with Crippen molar-refractivity contribution in [1.82, 2.24) is 19.9 Å². The van der Waals surface area contributed by atoms with Crippen LogP contribution in [0.1, 0.15) is 22.8 Å². The highest BCUT2D eigenvalue weighted by Gasteiger charge is 2.38. The molecule has 3 aromatic heterocycles. The number of aromatic amines is 2. The molecule has 58 heavy (non-hydrogen) atoms. The van der Waals surface area contributed by atoms with Crippen molar-refractivity contribution >= 4 is 118 Å². The Bertz CT molecular complexity index is 3740. The van der Waals surface area contributed by atoms with Gasteiger partial charge in [0.15, 0.2) is 0 Å². The first-order chi connectivity index (χ1) is 27.3. The highest BCUT2D eigenvalue weighted by atomic mass is 32.2. The van der Waals surface area contributed by atoms with Gasteiger partial charge in [-0.05, 0) is 92.5 Å². The summed E-state index contributed by atoms with van der Waals surface area (Å²) in [7, 11) is -23.2. The summed E-state index contributed by atoms with van der Waals surface area (Å²) < 4.78 is 149. The van der Waals surface area contributed by atoms with Gasteiger partial charge in [0.25, 0.3) is 40.5 Å². The Balaban J connectivity index is 1.63. The molecule has 0 saturated heterocycles. The third-order valence-corrected chi connectivity index (χ3v) is 13.4. The molecule has 0 aliphatic carbocycles. The van der Waals surface area contributed by atoms with E-state index in [0.717, 1.165) is 16.2 Å². The number of hydrogen-bond acceptors (Lipinski definition) is 10. The lowest BCUT2D eigenvalue weighted by atomic mass is 9.91. The molecule has 0 amide bonds. The van der Waals surface area contributed by atoms with E-state index in [1.165, 1.54) is 12.1 Å². The largest absolute Gasteiger partial charge is 0.355 e. The second-order valence-electron chi connectivity index (χ2n) is 13.3. The molecular formula is C38H24N4O12S4. The molecule has 0 atom stereocenters. The topological polar surface area (TPSA) is 275 Å². The zero-order chi connectivity index (χ0) is 41.1. The van der Waals surface area contributed by atoms with Crippen molar-refractivity contribution in [2.24, 2.45) is 0 Å². The van der Waals surface area contributed by atoms with Gasteiger partial charge in [0.1, 0.15) is 25.3 Å². The Morgan fingerprint density at radius 1 is 0.500 bits per heavy atom. The highest BCUT2D eigenvalue weighted by molar-refractivity contribution is 7.95. The summed E-state index contributed by atoms with van der Waals surface area (Å²) >= 11 is 0. The van der Waals surface area contributed by atoms with Crippen LogP contribution in [0.3, 0.4) is 0 Å². The minimum Gasteiger partial charge on any atom is -0.355 e. The molecule has 6 N–H and O–H groups in total. The smallest absolute Gasteiger partial charge is 0.298 e. The summed E-state index contributed by atoms with van der Waals surface area (Å²) in [6, 6.07) is 25.9. The van der Waals surface area contributed by atoms with Crippen molar-refractivity contribution in [3.05, 3.63) is 114 Å². The van der Waals surface area contributed by atoms with Gasteiger partial charge >= 0.3 is 0 Å². The summed E-state index contributed by atoms with van der Waals surface area (Å²) in [6.07, 6.45) is 3.71. The summed E-state index contributed by atoms with van der Waals surface area (Å²) in [4.78, 5) is 7.82. The van der Waals surface area contributed by atoms with Crippen molar-refractivity contribution in [3.63, 3.8) is 0 Å². The van der Waals surface area contributed by atoms with Gasteiger partial charge in [-0.1, -0.05) is 54.6 Å². The van der Waals surface area contributed by atoms with Crippen molar-refractivity contribution < 1.29 is 51.9 Å². The lowest BCUT2D eigenvalue weighted by Crippen LogP contribution is -2.10. The first-order valence-electron chi connectivity index (χ1n) is 16.7. The van der Waals surface area contributed by atoms with E-state index in [1.807, 2.05) is 42.5 Å². The Morgan fingerprint density at radius 2 is 1.10 bits per heavy atom. The standard InChI is InChI=1S/C38H24N4O12S4/c43-55(44,45)30-18-26-17-24-11-10-23(39-24)16-25-12-13-29(40-25)32(27-7-3-6-19-8-9-22-14-20-4-1-2-5-21(20)15-28(22)31(19)27)34-37(57(49,50)51)38(58(52,53)54)35(42-34)36(33(30)41-26)56(46,47)48/h1-18,39,42H,(H,43,44,45)(H,46,47,48)(H,49,50,51)(H,52,53,54). The van der Waals surface area contributed by atoms with Gasteiger partial charge in [-0.3, -0.25) is 18.2 Å². The summed E-state index contributed by atoms with van der Waals surface area (Å²) in [5.74, 6) is 0. The fourth-order valence-corrected chi connectivity index (χ4v) is 11.2. The molecule has 5 heterocycles. The van der Waals surface area contributed by atoms with Gasteiger partial charge in [0.05, 0.1) is 28.1 Å². The van der Waals surface area contributed by atoms with Crippen LogP contribution in [-0.2, 0) is 40.5 Å². The molecule has 0 spiro atoms. The van der Waals surface area contributed by atoms with E-state index in [2.05, 4.69) is 15.0 Å². The van der Waals surface area contributed by atoms with E-state index >= 15 is 0 Å². The number of fused-ring (bicyclic) bond motifs is 12. The zero-order valence-electron chi connectivity index (χ0n) is 29.0. The molecular weight excluding hydrogens is 833 g/mol. The van der Waals surface area contributed by atoms with Gasteiger partial charge in [-0.2, -0.15) is 33.7 Å². The van der Waals surface area contributed by atoms with E-state index in [1.54, 1.807) is 48.5 Å². The molecule has 4 aromatic carbocycles. The SMILES string of the molecule is O=S(=O)(O)C1=Cc2cc3ccc(cc4nc(c(-c5cccc6ccc7cc8ccccc8cc7c56)c5[nH]c(c(S(=O)(=O)O)c1n2)c(S(=O)(=O)O)c5S(=O)(=O)O)C=C4)[nH]3. The second kappa shape index (κ2) is 12.7. The van der Waals surface area contributed by atoms with Crippen molar-refractivity contribution in [2.45, 2.75) is 14.7 Å². The fraction of sp³-hybridized carbons (Fsp3) is 0. The van der Waals surface area contributed by atoms with Crippen LogP contribution in [0.4, 0.5) is 0 Å². The minimum absolute atomic E-state index is 0.0534. The molecule has 2 aliphatic rings. The number of benzene rings is 4. The molecule has 2 aliphatic heterocycles. The second-order valence-corrected chi connectivity index (χ2v) is 18.8. The van der Waals surface area contributed by atoms with Gasteiger partial charge in [-0.25, -0.2) is 9.97 Å². The third kappa shape index (κ3) is 6.27. The monoisotopic (exact) mass is 856 g/mol. The summed E-state index contributed by atoms with van der Waals surface area (Å²) in [6.45, 7) is 0. The minimum atomic E-state index is -5.97. The van der Waals surface area contributed by atoms with Crippen LogP contribution in [-0.4, -0.2) is 71.8 Å². The lowest BCUT2D eigenvalue weighted by Gasteiger charge is -2.13. The lowest BCUT2D eigenvalue weighted by molar-refractivity contribution is 0.468. The maximum absolute atomic E-state index is 13.5. The Labute approximate surface area is 327 Å². The molecule has 16 nitrogen and oxygen atoms in total. The number of nitrogens with one attached hydrogen (secondary N) is 2. The third-order valence-electron chi connectivity index (χ3n) is 9.66. The van der Waals surface area contributed by atoms with E-state index in [0.29, 0.717) is 27.8 Å². The quantitative estimate of drug-likeness (QED) is 0.0595. The van der Waals surface area contributed by atoms with Crippen molar-refractivity contribution in [2.75, 3.05) is 0 Å². The maximum Gasteiger partial charge on any atom is 0.298 e. The number of nitrogens with zero attached hydrogens (tertiary/aromatic N) is 2. The van der Waals surface area contributed by atoms with Crippen molar-refractivity contribution in [3.8, 4) is 11.1 Å². The Morgan fingerprint density at radius 3 is 1.76 bits per heavy atom. The molecule has 0 unspecified atom stereocenters. The van der Waals surface area contributed by atoms with Crippen LogP contribution >= 0.6 is 0 Å². The normalized spacial score (nSPS) is 13.8.